The van der Waals surface area contributed by atoms with Crippen molar-refractivity contribution in [1.29, 1.82) is 0 Å². The molecule has 0 saturated heterocycles. The van der Waals surface area contributed by atoms with Crippen molar-refractivity contribution < 1.29 is 9.47 Å². The minimum Gasteiger partial charge on any atom is -0.477 e. The molecule has 0 unspecified atom stereocenters. The maximum absolute atomic E-state index is 5.68. The van der Waals surface area contributed by atoms with Gasteiger partial charge in [-0.1, -0.05) is 6.92 Å². The third kappa shape index (κ3) is 2.18. The van der Waals surface area contributed by atoms with Gasteiger partial charge in [0, 0.05) is 12.5 Å². The Balaban J connectivity index is 2.23. The minimum atomic E-state index is 0.518. The highest BCUT2D eigenvalue weighted by molar-refractivity contribution is 9.10. The maximum Gasteiger partial charge on any atom is 0.218 e. The van der Waals surface area contributed by atoms with Crippen LogP contribution in [0.2, 0.25) is 0 Å². The second kappa shape index (κ2) is 4.53. The summed E-state index contributed by atoms with van der Waals surface area (Å²) in [7, 11) is 0. The van der Waals surface area contributed by atoms with Crippen LogP contribution in [0, 0.1) is 5.92 Å². The Morgan fingerprint density at radius 1 is 1.67 bits per heavy atom. The predicted molar refractivity (Wildman–Crippen MR) is 59.9 cm³/mol. The molecule has 2 heterocycles. The van der Waals surface area contributed by atoms with Crippen molar-refractivity contribution in [3.63, 3.8) is 0 Å². The number of hydrogen-bond acceptors (Lipinski definition) is 3. The van der Waals surface area contributed by atoms with Crippen molar-refractivity contribution in [3.05, 3.63) is 10.2 Å². The van der Waals surface area contributed by atoms with E-state index >= 15 is 0 Å². The molecule has 2 rings (SSSR count). The molecule has 0 spiro atoms. The molecule has 0 bridgehead atoms. The Morgan fingerprint density at radius 3 is 3.20 bits per heavy atom. The molecule has 0 aliphatic carbocycles. The fourth-order valence-corrected chi connectivity index (χ4v) is 2.11. The fourth-order valence-electron chi connectivity index (χ4n) is 1.64. The molecule has 84 valence electrons. The number of ether oxygens (including phenoxy) is 2. The molecule has 1 aromatic heterocycles. The Morgan fingerprint density at radius 2 is 2.47 bits per heavy atom. The van der Waals surface area contributed by atoms with E-state index in [0.29, 0.717) is 19.1 Å². The summed E-state index contributed by atoms with van der Waals surface area (Å²) in [5.74, 6) is 1.37. The van der Waals surface area contributed by atoms with Gasteiger partial charge in [-0.25, -0.2) is 4.68 Å². The maximum atomic E-state index is 5.68. The molecular formula is C10H15BrN2O2. The van der Waals surface area contributed by atoms with Crippen LogP contribution < -0.4 is 4.74 Å². The molecule has 0 radical (unpaired) electrons. The van der Waals surface area contributed by atoms with E-state index < -0.39 is 0 Å². The molecule has 1 aliphatic heterocycles. The molecule has 5 heteroatoms. The van der Waals surface area contributed by atoms with Crippen molar-refractivity contribution >= 4 is 15.9 Å². The predicted octanol–water partition coefficient (Wildman–Crippen LogP) is 2.21. The van der Waals surface area contributed by atoms with Gasteiger partial charge in [0.15, 0.2) is 0 Å². The first-order valence-electron chi connectivity index (χ1n) is 5.18. The summed E-state index contributed by atoms with van der Waals surface area (Å²) >= 11 is 3.44. The van der Waals surface area contributed by atoms with E-state index in [4.69, 9.17) is 9.47 Å². The lowest BCUT2D eigenvalue weighted by Crippen LogP contribution is -2.23. The lowest BCUT2D eigenvalue weighted by atomic mass is 10.2. The molecule has 0 fully saturated rings. The topological polar surface area (TPSA) is 36.3 Å². The zero-order chi connectivity index (χ0) is 10.8. The van der Waals surface area contributed by atoms with Crippen LogP contribution in [0.15, 0.2) is 4.60 Å². The zero-order valence-electron chi connectivity index (χ0n) is 8.99. The number of halogens is 1. The monoisotopic (exact) mass is 274 g/mol. The summed E-state index contributed by atoms with van der Waals surface area (Å²) < 4.78 is 13.8. The zero-order valence-corrected chi connectivity index (χ0v) is 10.6. The summed E-state index contributed by atoms with van der Waals surface area (Å²) in [5.41, 5.74) is 1.02. The van der Waals surface area contributed by atoms with Crippen molar-refractivity contribution in [2.24, 2.45) is 5.92 Å². The van der Waals surface area contributed by atoms with Crippen LogP contribution >= 0.6 is 15.9 Å². The Kier molecular flexibility index (Phi) is 3.31. The second-order valence-corrected chi connectivity index (χ2v) is 4.56. The highest BCUT2D eigenvalue weighted by atomic mass is 79.9. The molecule has 1 aliphatic rings. The smallest absolute Gasteiger partial charge is 0.218 e. The molecule has 4 nitrogen and oxygen atoms in total. The van der Waals surface area contributed by atoms with Gasteiger partial charge in [0.1, 0.15) is 4.60 Å². The van der Waals surface area contributed by atoms with Gasteiger partial charge in [0.05, 0.1) is 25.3 Å². The second-order valence-electron chi connectivity index (χ2n) is 3.81. The first-order chi connectivity index (χ1) is 7.22. The Bertz CT molecular complexity index is 351. The van der Waals surface area contributed by atoms with Crippen molar-refractivity contribution in [2.75, 3.05) is 13.2 Å². The first kappa shape index (κ1) is 11.0. The molecule has 0 aromatic carbocycles. The van der Waals surface area contributed by atoms with E-state index in [0.717, 1.165) is 29.2 Å². The molecule has 1 atom stereocenters. The quantitative estimate of drug-likeness (QED) is 0.848. The third-order valence-electron chi connectivity index (χ3n) is 2.39. The molecule has 1 aromatic rings. The van der Waals surface area contributed by atoms with Gasteiger partial charge < -0.3 is 9.47 Å². The van der Waals surface area contributed by atoms with Gasteiger partial charge in [-0.05, 0) is 22.9 Å². The van der Waals surface area contributed by atoms with E-state index in [1.165, 1.54) is 0 Å². The molecule has 15 heavy (non-hydrogen) atoms. The Hall–Kier alpha value is -0.550. The van der Waals surface area contributed by atoms with E-state index in [1.807, 2.05) is 11.6 Å². The van der Waals surface area contributed by atoms with Gasteiger partial charge in [-0.2, -0.15) is 5.10 Å². The lowest BCUT2D eigenvalue weighted by Gasteiger charge is -2.21. The van der Waals surface area contributed by atoms with Crippen LogP contribution in [0.25, 0.3) is 0 Å². The van der Waals surface area contributed by atoms with E-state index in [2.05, 4.69) is 28.0 Å². The van der Waals surface area contributed by atoms with E-state index in [9.17, 15) is 0 Å². The summed E-state index contributed by atoms with van der Waals surface area (Å²) in [4.78, 5) is 0. The van der Waals surface area contributed by atoms with Gasteiger partial charge >= 0.3 is 0 Å². The highest BCUT2D eigenvalue weighted by Gasteiger charge is 2.23. The highest BCUT2D eigenvalue weighted by Crippen LogP contribution is 2.31. The van der Waals surface area contributed by atoms with Crippen LogP contribution in [-0.2, 0) is 17.9 Å². The minimum absolute atomic E-state index is 0.518. The first-order valence-corrected chi connectivity index (χ1v) is 5.97. The average Bonchev–Trinajstić information content (AvgIpc) is 2.50. The largest absolute Gasteiger partial charge is 0.477 e. The van der Waals surface area contributed by atoms with Crippen molar-refractivity contribution in [2.45, 2.75) is 27.0 Å². The lowest BCUT2D eigenvalue weighted by molar-refractivity contribution is 0.124. The fraction of sp³-hybridized carbons (Fsp3) is 0.700. The number of rotatable bonds is 3. The molecule has 0 N–H and O–H groups in total. The molecule has 0 amide bonds. The SMILES string of the molecule is CCOCc1c(Br)nn2c1OC[C@H](C)C2. The summed E-state index contributed by atoms with van der Waals surface area (Å²) in [6.07, 6.45) is 0. The van der Waals surface area contributed by atoms with Crippen molar-refractivity contribution in [3.8, 4) is 5.88 Å². The van der Waals surface area contributed by atoms with E-state index in [-0.39, 0.29) is 0 Å². The normalized spacial score (nSPS) is 19.8. The van der Waals surface area contributed by atoms with Gasteiger partial charge in [-0.3, -0.25) is 0 Å². The number of aromatic nitrogens is 2. The molecular weight excluding hydrogens is 260 g/mol. The van der Waals surface area contributed by atoms with Gasteiger partial charge in [0.25, 0.3) is 0 Å². The van der Waals surface area contributed by atoms with Gasteiger partial charge in [-0.15, -0.1) is 0 Å². The van der Waals surface area contributed by atoms with Crippen LogP contribution in [0.5, 0.6) is 5.88 Å². The standard InChI is InChI=1S/C10H15BrN2O2/c1-3-14-6-8-9(11)12-13-4-7(2)5-15-10(8)13/h7H,3-6H2,1-2H3/t7-/m1/s1. The van der Waals surface area contributed by atoms with E-state index in [1.54, 1.807) is 0 Å². The number of nitrogens with zero attached hydrogens (tertiary/aromatic N) is 2. The van der Waals surface area contributed by atoms with Crippen molar-refractivity contribution in [1.82, 2.24) is 9.78 Å². The molecule has 0 saturated carbocycles. The average molecular weight is 275 g/mol. The van der Waals surface area contributed by atoms with Gasteiger partial charge in [0.2, 0.25) is 5.88 Å². The van der Waals surface area contributed by atoms with Crippen LogP contribution in [-0.4, -0.2) is 23.0 Å². The Labute approximate surface area is 97.7 Å². The summed E-state index contributed by atoms with van der Waals surface area (Å²) in [6.45, 7) is 7.07. The van der Waals surface area contributed by atoms with Crippen LogP contribution in [0.3, 0.4) is 0 Å². The summed E-state index contributed by atoms with van der Waals surface area (Å²) in [5, 5.41) is 4.38. The van der Waals surface area contributed by atoms with Crippen LogP contribution in [0.1, 0.15) is 19.4 Å². The van der Waals surface area contributed by atoms with Crippen LogP contribution in [0.4, 0.5) is 0 Å². The number of fused-ring (bicyclic) bond motifs is 1. The third-order valence-corrected chi connectivity index (χ3v) is 3.03. The number of hydrogen-bond donors (Lipinski definition) is 0. The summed E-state index contributed by atoms with van der Waals surface area (Å²) in [6, 6.07) is 0.